The predicted molar refractivity (Wildman–Crippen MR) is 83.9 cm³/mol. The molecule has 1 atom stereocenters. The summed E-state index contributed by atoms with van der Waals surface area (Å²) in [5.74, 6) is 0.240. The Morgan fingerprint density at radius 2 is 2.09 bits per heavy atom. The number of carbonyl (C=O) groups excluding carboxylic acids is 1. The molecule has 0 aliphatic carbocycles. The fourth-order valence-electron chi connectivity index (χ4n) is 2.10. The van der Waals surface area contributed by atoms with Crippen molar-refractivity contribution >= 4 is 21.4 Å². The topological polar surface area (TPSA) is 81.7 Å². The fourth-order valence-corrected chi connectivity index (χ4v) is 2.66. The SMILES string of the molecule is CS(=O)(=O)CCC(=O)Nc1ccc(OCC2CCCO2)cc1. The molecule has 1 heterocycles. The van der Waals surface area contributed by atoms with Crippen LogP contribution < -0.4 is 10.1 Å². The zero-order valence-electron chi connectivity index (χ0n) is 12.6. The third-order valence-corrected chi connectivity index (χ3v) is 4.24. The molecular formula is C15H21NO5S. The van der Waals surface area contributed by atoms with Gasteiger partial charge in [0.05, 0.1) is 11.9 Å². The number of hydrogen-bond acceptors (Lipinski definition) is 5. The van der Waals surface area contributed by atoms with E-state index in [1.807, 2.05) is 0 Å². The van der Waals surface area contributed by atoms with E-state index in [9.17, 15) is 13.2 Å². The van der Waals surface area contributed by atoms with Gasteiger partial charge in [0.1, 0.15) is 22.2 Å². The van der Waals surface area contributed by atoms with Gasteiger partial charge in [-0.1, -0.05) is 0 Å². The maximum atomic E-state index is 11.6. The van der Waals surface area contributed by atoms with Crippen molar-refractivity contribution in [2.75, 3.05) is 30.5 Å². The number of hydrogen-bond donors (Lipinski definition) is 1. The lowest BCUT2D eigenvalue weighted by Gasteiger charge is -2.12. The number of rotatable bonds is 7. The van der Waals surface area contributed by atoms with Gasteiger partial charge in [-0.2, -0.15) is 0 Å². The lowest BCUT2D eigenvalue weighted by Crippen LogP contribution is -2.17. The van der Waals surface area contributed by atoms with Crippen LogP contribution in [-0.4, -0.2) is 45.7 Å². The molecule has 7 heteroatoms. The standard InChI is InChI=1S/C15H21NO5S/c1-22(18,19)10-8-15(17)16-12-4-6-13(7-5-12)21-11-14-3-2-9-20-14/h4-7,14H,2-3,8-11H2,1H3,(H,16,17). The highest BCUT2D eigenvalue weighted by Gasteiger charge is 2.16. The van der Waals surface area contributed by atoms with Crippen LogP contribution >= 0.6 is 0 Å². The summed E-state index contributed by atoms with van der Waals surface area (Å²) in [6.45, 7) is 1.33. The number of benzene rings is 1. The molecule has 1 aromatic carbocycles. The van der Waals surface area contributed by atoms with Crippen LogP contribution in [0.25, 0.3) is 0 Å². The number of carbonyl (C=O) groups is 1. The van der Waals surface area contributed by atoms with E-state index in [1.165, 1.54) is 0 Å². The number of nitrogens with one attached hydrogen (secondary N) is 1. The molecule has 0 saturated carbocycles. The normalized spacial score (nSPS) is 18.1. The lowest BCUT2D eigenvalue weighted by molar-refractivity contribution is -0.115. The van der Waals surface area contributed by atoms with Crippen molar-refractivity contribution in [1.82, 2.24) is 0 Å². The minimum atomic E-state index is -3.13. The number of amides is 1. The van der Waals surface area contributed by atoms with Crippen LogP contribution in [0.1, 0.15) is 19.3 Å². The van der Waals surface area contributed by atoms with Crippen molar-refractivity contribution in [3.8, 4) is 5.75 Å². The molecule has 1 fully saturated rings. The van der Waals surface area contributed by atoms with Crippen LogP contribution in [0.15, 0.2) is 24.3 Å². The first-order valence-corrected chi connectivity index (χ1v) is 9.30. The van der Waals surface area contributed by atoms with Gasteiger partial charge in [0.15, 0.2) is 0 Å². The van der Waals surface area contributed by atoms with Crippen molar-refractivity contribution in [1.29, 1.82) is 0 Å². The van der Waals surface area contributed by atoms with Gasteiger partial charge in [0, 0.05) is 25.0 Å². The summed E-state index contributed by atoms with van der Waals surface area (Å²) in [4.78, 5) is 11.6. The van der Waals surface area contributed by atoms with E-state index in [1.54, 1.807) is 24.3 Å². The molecule has 1 amide bonds. The largest absolute Gasteiger partial charge is 0.491 e. The van der Waals surface area contributed by atoms with Crippen LogP contribution in [-0.2, 0) is 19.4 Å². The molecule has 1 aliphatic heterocycles. The molecule has 0 bridgehead atoms. The van der Waals surface area contributed by atoms with Crippen LogP contribution in [0.4, 0.5) is 5.69 Å². The van der Waals surface area contributed by atoms with Crippen molar-refractivity contribution in [2.45, 2.75) is 25.4 Å². The summed E-state index contributed by atoms with van der Waals surface area (Å²) in [7, 11) is -3.13. The second-order valence-electron chi connectivity index (χ2n) is 5.40. The maximum Gasteiger partial charge on any atom is 0.225 e. The summed E-state index contributed by atoms with van der Waals surface area (Å²) < 4.78 is 33.1. The Morgan fingerprint density at radius 1 is 1.36 bits per heavy atom. The van der Waals surface area contributed by atoms with Gasteiger partial charge in [-0.25, -0.2) is 8.42 Å². The minimum absolute atomic E-state index is 0.0455. The van der Waals surface area contributed by atoms with Crippen LogP contribution in [0.3, 0.4) is 0 Å². The summed E-state index contributed by atoms with van der Waals surface area (Å²) in [5.41, 5.74) is 0.614. The second-order valence-corrected chi connectivity index (χ2v) is 7.66. The molecular weight excluding hydrogens is 306 g/mol. The van der Waals surface area contributed by atoms with Crippen molar-refractivity contribution in [2.24, 2.45) is 0 Å². The van der Waals surface area contributed by atoms with Crippen LogP contribution in [0.5, 0.6) is 5.75 Å². The molecule has 1 aromatic rings. The molecule has 6 nitrogen and oxygen atoms in total. The Balaban J connectivity index is 1.77. The maximum absolute atomic E-state index is 11.6. The lowest BCUT2D eigenvalue weighted by atomic mass is 10.2. The zero-order valence-corrected chi connectivity index (χ0v) is 13.4. The Kier molecular flexibility index (Phi) is 5.79. The Morgan fingerprint density at radius 3 is 2.68 bits per heavy atom. The van der Waals surface area contributed by atoms with Gasteiger partial charge in [-0.3, -0.25) is 4.79 Å². The molecule has 1 saturated heterocycles. The zero-order chi connectivity index (χ0) is 16.0. The molecule has 0 aromatic heterocycles. The van der Waals surface area contributed by atoms with Crippen LogP contribution in [0, 0.1) is 0 Å². The van der Waals surface area contributed by atoms with E-state index < -0.39 is 9.84 Å². The van der Waals surface area contributed by atoms with E-state index in [0.29, 0.717) is 18.0 Å². The number of sulfone groups is 1. The highest BCUT2D eigenvalue weighted by atomic mass is 32.2. The smallest absolute Gasteiger partial charge is 0.225 e. The molecule has 2 rings (SSSR count). The van der Waals surface area contributed by atoms with Crippen molar-refractivity contribution in [3.05, 3.63) is 24.3 Å². The van der Waals surface area contributed by atoms with Gasteiger partial charge in [-0.15, -0.1) is 0 Å². The molecule has 1 unspecified atom stereocenters. The first-order valence-electron chi connectivity index (χ1n) is 7.24. The molecule has 122 valence electrons. The van der Waals surface area contributed by atoms with Crippen molar-refractivity contribution < 1.29 is 22.7 Å². The van der Waals surface area contributed by atoms with Gasteiger partial charge in [-0.05, 0) is 37.1 Å². The monoisotopic (exact) mass is 327 g/mol. The second kappa shape index (κ2) is 7.60. The summed E-state index contributed by atoms with van der Waals surface area (Å²) in [6.07, 6.45) is 3.33. The molecule has 0 spiro atoms. The molecule has 22 heavy (non-hydrogen) atoms. The first kappa shape index (κ1) is 16.8. The molecule has 1 N–H and O–H groups in total. The predicted octanol–water partition coefficient (Wildman–Crippen LogP) is 1.62. The van der Waals surface area contributed by atoms with Gasteiger partial charge in [0.2, 0.25) is 5.91 Å². The summed E-state index contributed by atoms with van der Waals surface area (Å²) in [6, 6.07) is 6.98. The number of anilines is 1. The van der Waals surface area contributed by atoms with Gasteiger partial charge >= 0.3 is 0 Å². The molecule has 1 aliphatic rings. The van der Waals surface area contributed by atoms with E-state index in [4.69, 9.17) is 9.47 Å². The average molecular weight is 327 g/mol. The van der Waals surface area contributed by atoms with E-state index in [-0.39, 0.29) is 24.2 Å². The third kappa shape index (κ3) is 6.03. The Hall–Kier alpha value is -1.60. The van der Waals surface area contributed by atoms with E-state index in [0.717, 1.165) is 25.7 Å². The van der Waals surface area contributed by atoms with Gasteiger partial charge < -0.3 is 14.8 Å². The van der Waals surface area contributed by atoms with Crippen LogP contribution in [0.2, 0.25) is 0 Å². The average Bonchev–Trinajstić information content (AvgIpc) is 2.97. The summed E-state index contributed by atoms with van der Waals surface area (Å²) >= 11 is 0. The van der Waals surface area contributed by atoms with E-state index in [2.05, 4.69) is 5.32 Å². The number of ether oxygens (including phenoxy) is 2. The van der Waals surface area contributed by atoms with Crippen molar-refractivity contribution in [3.63, 3.8) is 0 Å². The highest BCUT2D eigenvalue weighted by Crippen LogP contribution is 2.18. The minimum Gasteiger partial charge on any atom is -0.491 e. The first-order chi connectivity index (χ1) is 10.4. The fraction of sp³-hybridized carbons (Fsp3) is 0.533. The Bertz CT molecular complexity index is 591. The summed E-state index contributed by atoms with van der Waals surface area (Å²) in [5, 5.41) is 2.66. The van der Waals surface area contributed by atoms with E-state index >= 15 is 0 Å². The third-order valence-electron chi connectivity index (χ3n) is 3.30. The molecule has 0 radical (unpaired) electrons. The quantitative estimate of drug-likeness (QED) is 0.823. The van der Waals surface area contributed by atoms with Gasteiger partial charge in [0.25, 0.3) is 0 Å². The highest BCUT2D eigenvalue weighted by molar-refractivity contribution is 7.90. The Labute approximate surface area is 130 Å².